The molecule has 0 bridgehead atoms. The summed E-state index contributed by atoms with van der Waals surface area (Å²) in [6, 6.07) is 31.2. The highest BCUT2D eigenvalue weighted by molar-refractivity contribution is 5.80. The van der Waals surface area contributed by atoms with Gasteiger partial charge in [0.1, 0.15) is 0 Å². The molecule has 0 N–H and O–H groups in total. The van der Waals surface area contributed by atoms with E-state index in [9.17, 15) is 0 Å². The largest absolute Gasteiger partial charge is 0.310 e. The maximum absolute atomic E-state index is 4.50. The van der Waals surface area contributed by atoms with E-state index in [0.29, 0.717) is 0 Å². The van der Waals surface area contributed by atoms with Crippen molar-refractivity contribution in [2.24, 2.45) is 0 Å². The molecule has 4 aromatic rings. The molecule has 0 amide bonds. The third kappa shape index (κ3) is 4.02. The number of anilines is 3. The molecule has 4 rings (SSSR count). The van der Waals surface area contributed by atoms with Gasteiger partial charge in [0.05, 0.1) is 5.69 Å². The van der Waals surface area contributed by atoms with Gasteiger partial charge in [0.2, 0.25) is 0 Å². The average Bonchev–Trinajstić information content (AvgIpc) is 2.81. The highest BCUT2D eigenvalue weighted by Gasteiger charge is 2.13. The van der Waals surface area contributed by atoms with Gasteiger partial charge in [-0.1, -0.05) is 67.8 Å². The second-order valence-corrected chi connectivity index (χ2v) is 6.69. The van der Waals surface area contributed by atoms with Gasteiger partial charge in [-0.05, 0) is 59.7 Å². The molecule has 140 valence electrons. The molecule has 0 saturated carbocycles. The smallest absolute Gasteiger partial charge is 0.0702 e. The van der Waals surface area contributed by atoms with Crippen LogP contribution < -0.4 is 4.90 Å². The number of hydrogen-bond donors (Lipinski definition) is 0. The zero-order chi connectivity index (χ0) is 20.1. The van der Waals surface area contributed by atoms with Crippen molar-refractivity contribution in [3.63, 3.8) is 0 Å². The number of pyridine rings is 1. The number of aromatic nitrogens is 1. The summed E-state index contributed by atoms with van der Waals surface area (Å²) < 4.78 is 0. The van der Waals surface area contributed by atoms with Crippen LogP contribution in [0, 0.1) is 0 Å². The lowest BCUT2D eigenvalue weighted by Gasteiger charge is -2.26. The zero-order valence-electron chi connectivity index (χ0n) is 16.2. The fourth-order valence-corrected chi connectivity index (χ4v) is 3.30. The van der Waals surface area contributed by atoms with Crippen molar-refractivity contribution in [3.05, 3.63) is 121 Å². The number of benzene rings is 3. The summed E-state index contributed by atoms with van der Waals surface area (Å²) in [6.45, 7) is 7.71. The lowest BCUT2D eigenvalue weighted by atomic mass is 10.1. The normalized spacial score (nSPS) is 10.3. The highest BCUT2D eigenvalue weighted by Crippen LogP contribution is 2.36. The Kier molecular flexibility index (Phi) is 5.35. The van der Waals surface area contributed by atoms with E-state index in [4.69, 9.17) is 0 Å². The molecule has 3 aromatic carbocycles. The first-order valence-electron chi connectivity index (χ1n) is 9.55. The summed E-state index contributed by atoms with van der Waals surface area (Å²) in [5.74, 6) is 0. The van der Waals surface area contributed by atoms with Gasteiger partial charge in [0.25, 0.3) is 0 Å². The van der Waals surface area contributed by atoms with Gasteiger partial charge in [0, 0.05) is 28.8 Å². The molecule has 0 aliphatic rings. The summed E-state index contributed by atoms with van der Waals surface area (Å²) in [4.78, 5) is 6.74. The zero-order valence-corrected chi connectivity index (χ0v) is 16.2. The van der Waals surface area contributed by atoms with Crippen LogP contribution in [-0.2, 0) is 0 Å². The molecular weight excluding hydrogens is 352 g/mol. The van der Waals surface area contributed by atoms with Crippen molar-refractivity contribution >= 4 is 29.2 Å². The molecule has 0 atom stereocenters. The number of hydrogen-bond acceptors (Lipinski definition) is 2. The first kappa shape index (κ1) is 18.5. The molecule has 0 aliphatic carbocycles. The molecule has 0 saturated heterocycles. The summed E-state index contributed by atoms with van der Waals surface area (Å²) in [5.41, 5.74) is 7.47. The van der Waals surface area contributed by atoms with Crippen LogP contribution in [0.25, 0.3) is 23.4 Å². The van der Waals surface area contributed by atoms with Gasteiger partial charge in [0.15, 0.2) is 0 Å². The molecule has 0 aliphatic heterocycles. The Morgan fingerprint density at radius 1 is 0.621 bits per heavy atom. The maximum Gasteiger partial charge on any atom is 0.0702 e. The van der Waals surface area contributed by atoms with E-state index in [2.05, 4.69) is 95.8 Å². The van der Waals surface area contributed by atoms with E-state index in [1.807, 2.05) is 36.5 Å². The molecule has 0 fully saturated rings. The van der Waals surface area contributed by atoms with Crippen molar-refractivity contribution in [1.82, 2.24) is 4.98 Å². The predicted octanol–water partition coefficient (Wildman–Crippen LogP) is 7.50. The summed E-state index contributed by atoms with van der Waals surface area (Å²) in [6.07, 6.45) is 5.53. The van der Waals surface area contributed by atoms with Gasteiger partial charge >= 0.3 is 0 Å². The Bertz CT molecular complexity index is 1060. The molecule has 1 heterocycles. The minimum absolute atomic E-state index is 0.957. The van der Waals surface area contributed by atoms with Crippen LogP contribution in [-0.4, -0.2) is 4.98 Å². The molecule has 2 nitrogen and oxygen atoms in total. The van der Waals surface area contributed by atoms with Crippen LogP contribution in [0.3, 0.4) is 0 Å². The Balaban J connectivity index is 1.83. The molecule has 29 heavy (non-hydrogen) atoms. The molecule has 1 aromatic heterocycles. The minimum Gasteiger partial charge on any atom is -0.310 e. The average molecular weight is 374 g/mol. The highest BCUT2D eigenvalue weighted by atomic mass is 15.1. The summed E-state index contributed by atoms with van der Waals surface area (Å²) in [7, 11) is 0. The molecular formula is C27H22N2. The van der Waals surface area contributed by atoms with Gasteiger partial charge < -0.3 is 4.90 Å². The van der Waals surface area contributed by atoms with Crippen molar-refractivity contribution in [3.8, 4) is 11.3 Å². The Morgan fingerprint density at radius 2 is 1.24 bits per heavy atom. The van der Waals surface area contributed by atoms with Crippen LogP contribution in [0.1, 0.15) is 11.1 Å². The second kappa shape index (κ2) is 8.41. The fourth-order valence-electron chi connectivity index (χ4n) is 3.30. The second-order valence-electron chi connectivity index (χ2n) is 6.69. The Hall–Kier alpha value is -3.91. The van der Waals surface area contributed by atoms with Gasteiger partial charge in [-0.15, -0.1) is 0 Å². The van der Waals surface area contributed by atoms with Gasteiger partial charge in [-0.3, -0.25) is 4.98 Å². The predicted molar refractivity (Wildman–Crippen MR) is 125 cm³/mol. The third-order valence-corrected chi connectivity index (χ3v) is 4.84. The van der Waals surface area contributed by atoms with E-state index >= 15 is 0 Å². The molecule has 0 spiro atoms. The molecule has 2 heteroatoms. The lowest BCUT2D eigenvalue weighted by molar-refractivity contribution is 1.27. The topological polar surface area (TPSA) is 16.1 Å². The minimum atomic E-state index is 0.957. The van der Waals surface area contributed by atoms with E-state index in [-0.39, 0.29) is 0 Å². The SMILES string of the molecule is C=Cc1ccc(N(c2ccc(C=C)cc2)c2cccc(-c3ccccn3)c2)cc1. The first-order valence-corrected chi connectivity index (χ1v) is 9.55. The van der Waals surface area contributed by atoms with Crippen molar-refractivity contribution in [2.45, 2.75) is 0 Å². The van der Waals surface area contributed by atoms with E-state index in [1.165, 1.54) is 0 Å². The fraction of sp³-hybridized carbons (Fsp3) is 0. The summed E-state index contributed by atoms with van der Waals surface area (Å²) >= 11 is 0. The van der Waals surface area contributed by atoms with Gasteiger partial charge in [-0.25, -0.2) is 0 Å². The Labute approximate surface area is 172 Å². The number of rotatable bonds is 6. The van der Waals surface area contributed by atoms with Gasteiger partial charge in [-0.2, -0.15) is 0 Å². The van der Waals surface area contributed by atoms with Crippen LogP contribution in [0.2, 0.25) is 0 Å². The quantitative estimate of drug-likeness (QED) is 0.347. The summed E-state index contributed by atoms with van der Waals surface area (Å²) in [5, 5.41) is 0. The van der Waals surface area contributed by atoms with E-state index in [0.717, 1.165) is 39.4 Å². The van der Waals surface area contributed by atoms with Crippen molar-refractivity contribution in [2.75, 3.05) is 4.90 Å². The monoisotopic (exact) mass is 374 g/mol. The van der Waals surface area contributed by atoms with Crippen LogP contribution in [0.4, 0.5) is 17.1 Å². The Morgan fingerprint density at radius 3 is 1.76 bits per heavy atom. The molecule has 0 unspecified atom stereocenters. The molecule has 0 radical (unpaired) electrons. The van der Waals surface area contributed by atoms with E-state index in [1.54, 1.807) is 0 Å². The third-order valence-electron chi connectivity index (χ3n) is 4.84. The standard InChI is InChI=1S/C27H22N2/c1-3-21-11-15-24(16-12-21)29(25-17-13-22(4-2)14-18-25)26-9-7-8-23(20-26)27-10-5-6-19-28-27/h3-20H,1-2H2. The van der Waals surface area contributed by atoms with E-state index < -0.39 is 0 Å². The van der Waals surface area contributed by atoms with Crippen LogP contribution in [0.15, 0.2) is 110 Å². The van der Waals surface area contributed by atoms with Crippen LogP contribution in [0.5, 0.6) is 0 Å². The lowest BCUT2D eigenvalue weighted by Crippen LogP contribution is -2.10. The van der Waals surface area contributed by atoms with Crippen molar-refractivity contribution in [1.29, 1.82) is 0 Å². The van der Waals surface area contributed by atoms with Crippen LogP contribution >= 0.6 is 0 Å². The van der Waals surface area contributed by atoms with Crippen molar-refractivity contribution < 1.29 is 0 Å². The first-order chi connectivity index (χ1) is 14.3. The maximum atomic E-state index is 4.50. The number of nitrogens with zero attached hydrogens (tertiary/aromatic N) is 2.